The highest BCUT2D eigenvalue weighted by Gasteiger charge is 2.45. The summed E-state index contributed by atoms with van der Waals surface area (Å²) in [5.74, 6) is 0.253. The average Bonchev–Trinajstić information content (AvgIpc) is 2.67. The first-order chi connectivity index (χ1) is 8.08. The number of anilines is 1. The van der Waals surface area contributed by atoms with Gasteiger partial charge in [0.1, 0.15) is 11.1 Å². The molecule has 0 aliphatic carbocycles. The molecule has 1 aromatic heterocycles. The van der Waals surface area contributed by atoms with Crippen LogP contribution in [0.2, 0.25) is 0 Å². The molecule has 0 spiro atoms. The van der Waals surface area contributed by atoms with Crippen molar-refractivity contribution in [1.82, 2.24) is 4.98 Å². The molecule has 0 bridgehead atoms. The molecule has 0 radical (unpaired) electrons. The zero-order chi connectivity index (χ0) is 12.0. The molecule has 1 aliphatic rings. The third-order valence-electron chi connectivity index (χ3n) is 3.56. The number of fused-ring (bicyclic) bond motifs is 1. The number of aliphatic hydroxyl groups is 1. The number of aromatic nitrogens is 1. The summed E-state index contributed by atoms with van der Waals surface area (Å²) in [6.07, 6.45) is 0. The first-order valence-corrected chi connectivity index (χ1v) is 5.91. The molecule has 0 atom stereocenters. The Bertz CT molecular complexity index is 508. The fraction of sp³-hybridized carbons (Fsp3) is 0.462. The van der Waals surface area contributed by atoms with Gasteiger partial charge < -0.3 is 14.4 Å². The van der Waals surface area contributed by atoms with Gasteiger partial charge >= 0.3 is 0 Å². The predicted octanol–water partition coefficient (Wildman–Crippen LogP) is 2.03. The highest BCUT2D eigenvalue weighted by atomic mass is 16.4. The van der Waals surface area contributed by atoms with Gasteiger partial charge in [-0.1, -0.05) is 26.0 Å². The minimum atomic E-state index is -0.597. The van der Waals surface area contributed by atoms with Crippen LogP contribution in [0.4, 0.5) is 6.01 Å². The summed E-state index contributed by atoms with van der Waals surface area (Å²) < 4.78 is 5.65. The Morgan fingerprint density at radius 2 is 2.06 bits per heavy atom. The molecule has 0 unspecified atom stereocenters. The van der Waals surface area contributed by atoms with E-state index in [-0.39, 0.29) is 5.92 Å². The van der Waals surface area contributed by atoms with Crippen LogP contribution < -0.4 is 4.90 Å². The number of β-amino-alcohol motifs (C(OH)–C–C–N with tert-alkyl or cyclic N) is 1. The van der Waals surface area contributed by atoms with Crippen molar-refractivity contribution in [2.45, 2.75) is 19.4 Å². The van der Waals surface area contributed by atoms with Crippen LogP contribution in [0.3, 0.4) is 0 Å². The van der Waals surface area contributed by atoms with Gasteiger partial charge in [0.15, 0.2) is 5.58 Å². The van der Waals surface area contributed by atoms with E-state index in [1.165, 1.54) is 0 Å². The lowest BCUT2D eigenvalue weighted by molar-refractivity contribution is -0.0323. The summed E-state index contributed by atoms with van der Waals surface area (Å²) in [5, 5.41) is 10.2. The van der Waals surface area contributed by atoms with Crippen molar-refractivity contribution in [3.63, 3.8) is 0 Å². The zero-order valence-corrected chi connectivity index (χ0v) is 10.1. The lowest BCUT2D eigenvalue weighted by atomic mass is 9.83. The largest absolute Gasteiger partial charge is 0.423 e. The third-order valence-corrected chi connectivity index (χ3v) is 3.56. The van der Waals surface area contributed by atoms with Crippen LogP contribution in [0.25, 0.3) is 11.1 Å². The van der Waals surface area contributed by atoms with Crippen molar-refractivity contribution in [1.29, 1.82) is 0 Å². The second kappa shape index (κ2) is 3.47. The number of hydrogen-bond acceptors (Lipinski definition) is 4. The van der Waals surface area contributed by atoms with Gasteiger partial charge in [-0.15, -0.1) is 0 Å². The fourth-order valence-electron chi connectivity index (χ4n) is 2.11. The summed E-state index contributed by atoms with van der Waals surface area (Å²) in [5.41, 5.74) is 1.06. The Balaban J connectivity index is 1.83. The second-order valence-electron chi connectivity index (χ2n) is 5.08. The summed E-state index contributed by atoms with van der Waals surface area (Å²) in [4.78, 5) is 6.38. The second-order valence-corrected chi connectivity index (χ2v) is 5.08. The normalized spacial score (nSPS) is 18.7. The molecule has 1 aliphatic heterocycles. The van der Waals surface area contributed by atoms with E-state index in [1.807, 2.05) is 43.0 Å². The van der Waals surface area contributed by atoms with Gasteiger partial charge in [0.05, 0.1) is 13.1 Å². The number of oxazole rings is 1. The molecular weight excluding hydrogens is 216 g/mol. The van der Waals surface area contributed by atoms with E-state index in [0.717, 1.165) is 11.1 Å². The van der Waals surface area contributed by atoms with Crippen LogP contribution in [-0.2, 0) is 0 Å². The lowest BCUT2D eigenvalue weighted by Crippen LogP contribution is -2.64. The molecule has 1 N–H and O–H groups in total. The number of nitrogens with zero attached hydrogens (tertiary/aromatic N) is 2. The van der Waals surface area contributed by atoms with Gasteiger partial charge in [0.2, 0.25) is 0 Å². The number of hydrogen-bond donors (Lipinski definition) is 1. The van der Waals surface area contributed by atoms with Crippen molar-refractivity contribution in [2.75, 3.05) is 18.0 Å². The van der Waals surface area contributed by atoms with E-state index in [9.17, 15) is 5.11 Å². The average molecular weight is 232 g/mol. The molecule has 2 heterocycles. The van der Waals surface area contributed by atoms with E-state index >= 15 is 0 Å². The molecule has 0 amide bonds. The minimum Gasteiger partial charge on any atom is -0.423 e. The van der Waals surface area contributed by atoms with Gasteiger partial charge in [0, 0.05) is 0 Å². The van der Waals surface area contributed by atoms with Crippen LogP contribution in [0.5, 0.6) is 0 Å². The SMILES string of the molecule is CC(C)C1(O)CN(c2nc3ccccc3o2)C1. The highest BCUT2D eigenvalue weighted by Crippen LogP contribution is 2.33. The molecule has 0 saturated carbocycles. The van der Waals surface area contributed by atoms with Crippen LogP contribution in [0.15, 0.2) is 28.7 Å². The molecule has 90 valence electrons. The Morgan fingerprint density at radius 3 is 2.71 bits per heavy atom. The topological polar surface area (TPSA) is 49.5 Å². The molecule has 1 fully saturated rings. The van der Waals surface area contributed by atoms with Crippen molar-refractivity contribution < 1.29 is 9.52 Å². The molecule has 3 rings (SSSR count). The van der Waals surface area contributed by atoms with E-state index in [2.05, 4.69) is 4.98 Å². The van der Waals surface area contributed by atoms with E-state index < -0.39 is 5.60 Å². The summed E-state index contributed by atoms with van der Waals surface area (Å²) in [6.45, 7) is 5.25. The smallest absolute Gasteiger partial charge is 0.298 e. The fourth-order valence-corrected chi connectivity index (χ4v) is 2.11. The zero-order valence-electron chi connectivity index (χ0n) is 10.1. The molecule has 17 heavy (non-hydrogen) atoms. The van der Waals surface area contributed by atoms with Gasteiger partial charge in [0.25, 0.3) is 6.01 Å². The molecule has 2 aromatic rings. The van der Waals surface area contributed by atoms with Crippen molar-refractivity contribution in [3.05, 3.63) is 24.3 Å². The highest BCUT2D eigenvalue weighted by molar-refractivity contribution is 5.74. The maximum atomic E-state index is 10.2. The lowest BCUT2D eigenvalue weighted by Gasteiger charge is -2.48. The first kappa shape index (κ1) is 10.6. The van der Waals surface area contributed by atoms with E-state index in [0.29, 0.717) is 19.1 Å². The van der Waals surface area contributed by atoms with Crippen LogP contribution >= 0.6 is 0 Å². The van der Waals surface area contributed by atoms with Crippen molar-refractivity contribution in [3.8, 4) is 0 Å². The number of para-hydroxylation sites is 2. The number of benzene rings is 1. The monoisotopic (exact) mass is 232 g/mol. The maximum Gasteiger partial charge on any atom is 0.298 e. The molecule has 4 heteroatoms. The van der Waals surface area contributed by atoms with E-state index in [4.69, 9.17) is 4.42 Å². The van der Waals surface area contributed by atoms with Crippen LogP contribution in [-0.4, -0.2) is 28.8 Å². The number of rotatable bonds is 2. The third kappa shape index (κ3) is 1.60. The van der Waals surface area contributed by atoms with Crippen LogP contribution in [0, 0.1) is 5.92 Å². The Kier molecular flexibility index (Phi) is 2.16. The van der Waals surface area contributed by atoms with Gasteiger partial charge in [-0.25, -0.2) is 0 Å². The molecule has 1 aromatic carbocycles. The summed E-state index contributed by atoms with van der Waals surface area (Å²) >= 11 is 0. The van der Waals surface area contributed by atoms with Gasteiger partial charge in [-0.3, -0.25) is 0 Å². The summed E-state index contributed by atoms with van der Waals surface area (Å²) in [7, 11) is 0. The predicted molar refractivity (Wildman–Crippen MR) is 66.0 cm³/mol. The van der Waals surface area contributed by atoms with Gasteiger partial charge in [-0.05, 0) is 18.1 Å². The molecule has 1 saturated heterocycles. The van der Waals surface area contributed by atoms with E-state index in [1.54, 1.807) is 0 Å². The standard InChI is InChI=1S/C13H16N2O2/c1-9(2)13(16)7-15(8-13)12-14-10-5-3-4-6-11(10)17-12/h3-6,9,16H,7-8H2,1-2H3. The Morgan fingerprint density at radius 1 is 1.35 bits per heavy atom. The summed E-state index contributed by atoms with van der Waals surface area (Å²) in [6, 6.07) is 8.31. The molecular formula is C13H16N2O2. The quantitative estimate of drug-likeness (QED) is 0.860. The molecule has 4 nitrogen and oxygen atoms in total. The Labute approximate surface area is 99.9 Å². The van der Waals surface area contributed by atoms with Crippen molar-refractivity contribution >= 4 is 17.1 Å². The van der Waals surface area contributed by atoms with Gasteiger partial charge in [-0.2, -0.15) is 4.98 Å². The van der Waals surface area contributed by atoms with Crippen LogP contribution in [0.1, 0.15) is 13.8 Å². The van der Waals surface area contributed by atoms with Crippen molar-refractivity contribution in [2.24, 2.45) is 5.92 Å². The minimum absolute atomic E-state index is 0.253. The Hall–Kier alpha value is -1.55. The maximum absolute atomic E-state index is 10.2. The first-order valence-electron chi connectivity index (χ1n) is 5.91.